The Labute approximate surface area is 162 Å². The lowest BCUT2D eigenvalue weighted by molar-refractivity contribution is -0.148. The van der Waals surface area contributed by atoms with Gasteiger partial charge in [-0.15, -0.1) is 0 Å². The minimum absolute atomic E-state index is 0.0704. The summed E-state index contributed by atoms with van der Waals surface area (Å²) >= 11 is 2.25. The van der Waals surface area contributed by atoms with E-state index in [0.717, 1.165) is 28.4 Å². The van der Waals surface area contributed by atoms with E-state index in [9.17, 15) is 9.59 Å². The minimum Gasteiger partial charge on any atom is -0.368 e. The second-order valence-corrected chi connectivity index (χ2v) is 9.71. The van der Waals surface area contributed by atoms with Crippen molar-refractivity contribution in [2.75, 3.05) is 0 Å². The summed E-state index contributed by atoms with van der Waals surface area (Å²) in [6, 6.07) is 7.37. The SMILES string of the molecule is NC(=O)[C@@H](Cc1cccc(I)c1)NC(=O)C12CC3CC(CC(C3)C1)C2. The number of benzene rings is 1. The van der Waals surface area contributed by atoms with Crippen LogP contribution in [0, 0.1) is 26.7 Å². The molecule has 5 heteroatoms. The third-order valence-electron chi connectivity index (χ3n) is 6.50. The molecule has 4 fully saturated rings. The fourth-order valence-corrected chi connectivity index (χ4v) is 6.43. The van der Waals surface area contributed by atoms with E-state index in [1.165, 1.54) is 19.3 Å². The summed E-state index contributed by atoms with van der Waals surface area (Å²) in [5, 5.41) is 3.03. The maximum Gasteiger partial charge on any atom is 0.240 e. The number of hydrogen-bond donors (Lipinski definition) is 2. The van der Waals surface area contributed by atoms with E-state index < -0.39 is 11.9 Å². The Morgan fingerprint density at radius 2 is 1.76 bits per heavy atom. The molecule has 4 bridgehead atoms. The smallest absolute Gasteiger partial charge is 0.240 e. The van der Waals surface area contributed by atoms with Crippen LogP contribution in [0.5, 0.6) is 0 Å². The van der Waals surface area contributed by atoms with Gasteiger partial charge >= 0.3 is 0 Å². The lowest BCUT2D eigenvalue weighted by Crippen LogP contribution is -2.57. The monoisotopic (exact) mass is 452 g/mol. The van der Waals surface area contributed by atoms with Crippen LogP contribution >= 0.6 is 22.6 Å². The van der Waals surface area contributed by atoms with Crippen LogP contribution in [0.25, 0.3) is 0 Å². The van der Waals surface area contributed by atoms with Crippen molar-refractivity contribution in [1.82, 2.24) is 5.32 Å². The van der Waals surface area contributed by atoms with Gasteiger partial charge in [0.05, 0.1) is 0 Å². The van der Waals surface area contributed by atoms with Crippen LogP contribution in [0.2, 0.25) is 0 Å². The standard InChI is InChI=1S/C20H25IN2O2/c21-16-3-1-2-12(7-16)8-17(18(22)24)23-19(25)20-9-13-4-14(10-20)6-15(5-13)11-20/h1-3,7,13-15,17H,4-6,8-11H2,(H2,22,24)(H,23,25)/t13?,14?,15?,17-,20?/m1/s1. The molecule has 4 aliphatic rings. The van der Waals surface area contributed by atoms with Crippen LogP contribution in [0.1, 0.15) is 44.1 Å². The first-order valence-corrected chi connectivity index (χ1v) is 10.4. The molecule has 0 aromatic heterocycles. The molecule has 4 nitrogen and oxygen atoms in total. The molecule has 2 amide bonds. The second-order valence-electron chi connectivity index (χ2n) is 8.46. The first-order chi connectivity index (χ1) is 11.9. The number of carbonyl (C=O) groups is 2. The Kier molecular flexibility index (Phi) is 4.54. The van der Waals surface area contributed by atoms with Crippen molar-refractivity contribution in [1.29, 1.82) is 0 Å². The largest absolute Gasteiger partial charge is 0.368 e. The van der Waals surface area contributed by atoms with Crippen molar-refractivity contribution in [2.45, 2.75) is 51.0 Å². The number of hydrogen-bond acceptors (Lipinski definition) is 2. The van der Waals surface area contributed by atoms with Crippen molar-refractivity contribution in [3.63, 3.8) is 0 Å². The summed E-state index contributed by atoms with van der Waals surface area (Å²) in [6.45, 7) is 0. The highest BCUT2D eigenvalue weighted by Crippen LogP contribution is 2.60. The molecule has 0 spiro atoms. The van der Waals surface area contributed by atoms with E-state index in [0.29, 0.717) is 24.2 Å². The number of amides is 2. The molecule has 3 N–H and O–H groups in total. The van der Waals surface area contributed by atoms with Crippen molar-refractivity contribution in [3.05, 3.63) is 33.4 Å². The zero-order valence-electron chi connectivity index (χ0n) is 14.3. The van der Waals surface area contributed by atoms with E-state index in [-0.39, 0.29) is 11.3 Å². The Morgan fingerprint density at radius 3 is 2.28 bits per heavy atom. The van der Waals surface area contributed by atoms with Crippen LogP contribution in [0.3, 0.4) is 0 Å². The first kappa shape index (κ1) is 17.3. The summed E-state index contributed by atoms with van der Waals surface area (Å²) in [7, 11) is 0. The van der Waals surface area contributed by atoms with Gasteiger partial charge in [-0.1, -0.05) is 12.1 Å². The quantitative estimate of drug-likeness (QED) is 0.675. The molecule has 0 aliphatic heterocycles. The lowest BCUT2D eigenvalue weighted by Gasteiger charge is -2.55. The van der Waals surface area contributed by atoms with Gasteiger partial charge in [0.1, 0.15) is 6.04 Å². The van der Waals surface area contributed by atoms with Gasteiger partial charge in [0, 0.05) is 15.4 Å². The van der Waals surface area contributed by atoms with Gasteiger partial charge in [-0.05, 0) is 96.6 Å². The molecular formula is C20H25IN2O2. The Balaban J connectivity index is 1.49. The summed E-state index contributed by atoms with van der Waals surface area (Å²) in [5.74, 6) is 1.75. The Morgan fingerprint density at radius 1 is 1.16 bits per heavy atom. The summed E-state index contributed by atoms with van der Waals surface area (Å²) in [4.78, 5) is 25.1. The van der Waals surface area contributed by atoms with E-state index in [1.807, 2.05) is 24.3 Å². The van der Waals surface area contributed by atoms with E-state index in [1.54, 1.807) is 0 Å². The molecule has 0 saturated heterocycles. The van der Waals surface area contributed by atoms with Crippen LogP contribution in [-0.4, -0.2) is 17.9 Å². The zero-order chi connectivity index (χ0) is 17.6. The third kappa shape index (κ3) is 3.44. The molecule has 1 aromatic rings. The number of nitrogens with one attached hydrogen (secondary N) is 1. The van der Waals surface area contributed by atoms with Gasteiger partial charge in [-0.3, -0.25) is 9.59 Å². The van der Waals surface area contributed by atoms with E-state index in [4.69, 9.17) is 5.73 Å². The fraction of sp³-hybridized carbons (Fsp3) is 0.600. The molecule has 0 radical (unpaired) electrons. The summed E-state index contributed by atoms with van der Waals surface area (Å²) in [6.07, 6.45) is 7.36. The second kappa shape index (κ2) is 6.56. The van der Waals surface area contributed by atoms with Gasteiger partial charge in [0.25, 0.3) is 0 Å². The maximum atomic E-state index is 13.1. The first-order valence-electron chi connectivity index (χ1n) is 9.28. The normalized spacial score (nSPS) is 33.9. The summed E-state index contributed by atoms with van der Waals surface area (Å²) < 4.78 is 1.12. The highest BCUT2D eigenvalue weighted by Gasteiger charge is 2.54. The third-order valence-corrected chi connectivity index (χ3v) is 7.17. The van der Waals surface area contributed by atoms with Crippen LogP contribution < -0.4 is 11.1 Å². The fourth-order valence-electron chi connectivity index (χ4n) is 5.82. The number of carbonyl (C=O) groups excluding carboxylic acids is 2. The molecular weight excluding hydrogens is 427 g/mol. The van der Waals surface area contributed by atoms with E-state index >= 15 is 0 Å². The van der Waals surface area contributed by atoms with Crippen molar-refractivity contribution >= 4 is 34.4 Å². The van der Waals surface area contributed by atoms with Gasteiger partial charge in [0.15, 0.2) is 0 Å². The molecule has 0 heterocycles. The van der Waals surface area contributed by atoms with Crippen LogP contribution in [0.15, 0.2) is 24.3 Å². The average Bonchev–Trinajstić information content (AvgIpc) is 2.52. The molecule has 4 saturated carbocycles. The maximum absolute atomic E-state index is 13.1. The minimum atomic E-state index is -0.626. The zero-order valence-corrected chi connectivity index (χ0v) is 16.5. The van der Waals surface area contributed by atoms with Crippen molar-refractivity contribution in [2.24, 2.45) is 28.9 Å². The number of nitrogens with two attached hydrogens (primary N) is 1. The lowest BCUT2D eigenvalue weighted by atomic mass is 9.49. The van der Waals surface area contributed by atoms with Gasteiger partial charge in [-0.2, -0.15) is 0 Å². The molecule has 4 aliphatic carbocycles. The molecule has 134 valence electrons. The molecule has 1 aromatic carbocycles. The van der Waals surface area contributed by atoms with Crippen LogP contribution in [-0.2, 0) is 16.0 Å². The van der Waals surface area contributed by atoms with Crippen molar-refractivity contribution in [3.8, 4) is 0 Å². The molecule has 0 unspecified atom stereocenters. The van der Waals surface area contributed by atoms with E-state index in [2.05, 4.69) is 27.9 Å². The predicted octanol–water partition coefficient (Wildman–Crippen LogP) is 3.02. The van der Waals surface area contributed by atoms with Crippen molar-refractivity contribution < 1.29 is 9.59 Å². The predicted molar refractivity (Wildman–Crippen MR) is 105 cm³/mol. The highest BCUT2D eigenvalue weighted by atomic mass is 127. The number of halogens is 1. The van der Waals surface area contributed by atoms with Gasteiger partial charge in [0.2, 0.25) is 11.8 Å². The number of rotatable bonds is 5. The molecule has 5 rings (SSSR count). The van der Waals surface area contributed by atoms with Gasteiger partial charge < -0.3 is 11.1 Å². The Hall–Kier alpha value is -1.11. The molecule has 25 heavy (non-hydrogen) atoms. The highest BCUT2D eigenvalue weighted by molar-refractivity contribution is 14.1. The molecule has 1 atom stereocenters. The van der Waals surface area contributed by atoms with Crippen LogP contribution in [0.4, 0.5) is 0 Å². The van der Waals surface area contributed by atoms with Gasteiger partial charge in [-0.25, -0.2) is 0 Å². The Bertz CT molecular complexity index is 667. The average molecular weight is 452 g/mol. The summed E-state index contributed by atoms with van der Waals surface area (Å²) in [5.41, 5.74) is 6.39. The topological polar surface area (TPSA) is 72.2 Å². The number of primary amides is 1.